The molecule has 0 unspecified atom stereocenters. The van der Waals surface area contributed by atoms with Gasteiger partial charge in [0.2, 0.25) is 5.91 Å². The largest absolute Gasteiger partial charge is 0.391 e. The third kappa shape index (κ3) is 4.70. The van der Waals surface area contributed by atoms with Gasteiger partial charge < -0.3 is 15.7 Å². The van der Waals surface area contributed by atoms with E-state index in [1.54, 1.807) is 36.3 Å². The van der Waals surface area contributed by atoms with Crippen LogP contribution in [0, 0.1) is 5.92 Å². The summed E-state index contributed by atoms with van der Waals surface area (Å²) in [5.41, 5.74) is 0.613. The Morgan fingerprint density at radius 1 is 1.38 bits per heavy atom. The van der Waals surface area contributed by atoms with Crippen LogP contribution in [-0.2, 0) is 18.4 Å². The number of aryl methyl sites for hydroxylation is 1. The van der Waals surface area contributed by atoms with Crippen LogP contribution >= 0.6 is 11.3 Å². The second-order valence-electron chi connectivity index (χ2n) is 6.73. The Bertz CT molecular complexity index is 764. The van der Waals surface area contributed by atoms with Crippen LogP contribution in [0.2, 0.25) is 0 Å². The van der Waals surface area contributed by atoms with Gasteiger partial charge in [0.15, 0.2) is 0 Å². The zero-order chi connectivity index (χ0) is 18.5. The predicted octanol–water partition coefficient (Wildman–Crippen LogP) is 2.29. The number of aromatic nitrogens is 2. The molecule has 1 aliphatic carbocycles. The van der Waals surface area contributed by atoms with E-state index in [1.165, 1.54) is 24.2 Å². The molecular weight excluding hydrogens is 352 g/mol. The molecule has 1 fully saturated rings. The number of hydrogen-bond donors (Lipinski definition) is 3. The first-order chi connectivity index (χ1) is 12.5. The van der Waals surface area contributed by atoms with Crippen LogP contribution in [0.15, 0.2) is 24.5 Å². The highest BCUT2D eigenvalue weighted by molar-refractivity contribution is 7.14. The average Bonchev–Trinajstić information content (AvgIpc) is 3.36. The van der Waals surface area contributed by atoms with Gasteiger partial charge in [-0.1, -0.05) is 25.7 Å². The van der Waals surface area contributed by atoms with Crippen LogP contribution in [0.25, 0.3) is 0 Å². The van der Waals surface area contributed by atoms with Crippen molar-refractivity contribution in [2.24, 2.45) is 13.0 Å². The van der Waals surface area contributed by atoms with Gasteiger partial charge in [-0.05, 0) is 24.5 Å². The number of carbonyl (C=O) groups excluding carboxylic acids is 2. The van der Waals surface area contributed by atoms with Crippen molar-refractivity contribution in [3.63, 3.8) is 0 Å². The third-order valence-electron chi connectivity index (χ3n) is 4.68. The van der Waals surface area contributed by atoms with Crippen molar-refractivity contribution in [1.29, 1.82) is 0 Å². The van der Waals surface area contributed by atoms with Gasteiger partial charge in [-0.15, -0.1) is 11.3 Å². The van der Waals surface area contributed by atoms with Crippen molar-refractivity contribution in [1.82, 2.24) is 15.1 Å². The van der Waals surface area contributed by atoms with Gasteiger partial charge in [0.05, 0.1) is 23.4 Å². The lowest BCUT2D eigenvalue weighted by molar-refractivity contribution is -0.118. The summed E-state index contributed by atoms with van der Waals surface area (Å²) < 4.78 is 1.61. The molecule has 0 radical (unpaired) electrons. The molecule has 0 aromatic carbocycles. The second-order valence-corrected chi connectivity index (χ2v) is 7.90. The normalized spacial score (nSPS) is 15.8. The highest BCUT2D eigenvalue weighted by Crippen LogP contribution is 2.29. The zero-order valence-corrected chi connectivity index (χ0v) is 15.6. The monoisotopic (exact) mass is 376 g/mol. The molecule has 0 bridgehead atoms. The summed E-state index contributed by atoms with van der Waals surface area (Å²) in [7, 11) is 1.78. The first kappa shape index (κ1) is 18.6. The summed E-state index contributed by atoms with van der Waals surface area (Å²) in [5.74, 6) is -0.0486. The van der Waals surface area contributed by atoms with E-state index < -0.39 is 6.04 Å². The fourth-order valence-electron chi connectivity index (χ4n) is 3.34. The molecule has 1 aliphatic rings. The number of amides is 2. The molecule has 3 rings (SSSR count). The van der Waals surface area contributed by atoms with E-state index in [1.807, 2.05) is 0 Å². The molecule has 2 aromatic rings. The lowest BCUT2D eigenvalue weighted by Crippen LogP contribution is -2.44. The molecule has 26 heavy (non-hydrogen) atoms. The lowest BCUT2D eigenvalue weighted by atomic mass is 9.97. The Kier molecular flexibility index (Phi) is 6.05. The van der Waals surface area contributed by atoms with Gasteiger partial charge >= 0.3 is 0 Å². The molecule has 2 amide bonds. The lowest BCUT2D eigenvalue weighted by Gasteiger charge is -2.21. The van der Waals surface area contributed by atoms with Crippen LogP contribution in [-0.4, -0.2) is 32.7 Å². The first-order valence-electron chi connectivity index (χ1n) is 8.85. The number of hydrogen-bond acceptors (Lipinski definition) is 5. The van der Waals surface area contributed by atoms with E-state index in [-0.39, 0.29) is 18.4 Å². The van der Waals surface area contributed by atoms with E-state index in [9.17, 15) is 9.59 Å². The Hall–Kier alpha value is -2.19. The third-order valence-corrected chi connectivity index (χ3v) is 5.75. The summed E-state index contributed by atoms with van der Waals surface area (Å²) in [6.07, 6.45) is 8.50. The smallest absolute Gasteiger partial charge is 0.262 e. The Labute approximate surface area is 156 Å². The summed E-state index contributed by atoms with van der Waals surface area (Å²) in [4.78, 5) is 26.5. The van der Waals surface area contributed by atoms with Crippen molar-refractivity contribution in [2.75, 3.05) is 5.32 Å². The van der Waals surface area contributed by atoms with E-state index in [0.717, 1.165) is 17.7 Å². The van der Waals surface area contributed by atoms with E-state index >= 15 is 0 Å². The SMILES string of the molecule is Cn1cc(NC(=O)[C@H](CC2CCCC2)NC(=O)c2ccc(CO)s2)cn1. The highest BCUT2D eigenvalue weighted by atomic mass is 32.1. The standard InChI is InChI=1S/C18H24N4O3S/c1-22-10-13(9-19-22)20-17(24)15(8-12-4-2-3-5-12)21-18(25)16-7-6-14(11-23)26-16/h6-7,9-10,12,15,23H,2-5,8,11H2,1H3,(H,20,24)(H,21,25)/t15-/m0/s1. The molecule has 2 aromatic heterocycles. The van der Waals surface area contributed by atoms with Crippen LogP contribution in [0.3, 0.4) is 0 Å². The van der Waals surface area contributed by atoms with Gasteiger partial charge in [0, 0.05) is 18.1 Å². The molecule has 1 saturated carbocycles. The van der Waals surface area contributed by atoms with Crippen molar-refractivity contribution in [2.45, 2.75) is 44.8 Å². The predicted molar refractivity (Wildman–Crippen MR) is 99.9 cm³/mol. The van der Waals surface area contributed by atoms with Crippen molar-refractivity contribution < 1.29 is 14.7 Å². The maximum absolute atomic E-state index is 12.7. The van der Waals surface area contributed by atoms with Gasteiger partial charge in [0.1, 0.15) is 6.04 Å². The molecule has 0 saturated heterocycles. The topological polar surface area (TPSA) is 96.2 Å². The molecule has 1 atom stereocenters. The number of anilines is 1. The summed E-state index contributed by atoms with van der Waals surface area (Å²) in [6.45, 7) is -0.0923. The Balaban J connectivity index is 1.69. The zero-order valence-electron chi connectivity index (χ0n) is 14.8. The number of thiophene rings is 1. The minimum atomic E-state index is -0.592. The number of aliphatic hydroxyl groups is 1. The Morgan fingerprint density at radius 2 is 2.15 bits per heavy atom. The van der Waals surface area contributed by atoms with E-state index in [0.29, 0.717) is 22.9 Å². The van der Waals surface area contributed by atoms with Crippen molar-refractivity contribution >= 4 is 28.8 Å². The average molecular weight is 376 g/mol. The molecule has 0 aliphatic heterocycles. The number of nitrogens with zero attached hydrogens (tertiary/aromatic N) is 2. The fourth-order valence-corrected chi connectivity index (χ4v) is 4.11. The van der Waals surface area contributed by atoms with Crippen molar-refractivity contribution in [3.8, 4) is 0 Å². The van der Waals surface area contributed by atoms with Crippen LogP contribution < -0.4 is 10.6 Å². The summed E-state index contributed by atoms with van der Waals surface area (Å²) in [5, 5.41) is 18.9. The number of aliphatic hydroxyl groups excluding tert-OH is 1. The number of rotatable bonds is 7. The highest BCUT2D eigenvalue weighted by Gasteiger charge is 2.27. The van der Waals surface area contributed by atoms with Gasteiger partial charge in [-0.2, -0.15) is 5.10 Å². The minimum absolute atomic E-state index is 0.0923. The number of carbonyl (C=O) groups is 2. The molecular formula is C18H24N4O3S. The molecule has 140 valence electrons. The Morgan fingerprint density at radius 3 is 2.77 bits per heavy atom. The molecule has 2 heterocycles. The van der Waals surface area contributed by atoms with Crippen LogP contribution in [0.5, 0.6) is 0 Å². The van der Waals surface area contributed by atoms with Gasteiger partial charge in [-0.3, -0.25) is 14.3 Å². The fraction of sp³-hybridized carbons (Fsp3) is 0.500. The maximum atomic E-state index is 12.7. The summed E-state index contributed by atoms with van der Waals surface area (Å²) >= 11 is 1.24. The van der Waals surface area contributed by atoms with Crippen LogP contribution in [0.1, 0.15) is 46.7 Å². The van der Waals surface area contributed by atoms with E-state index in [2.05, 4.69) is 15.7 Å². The molecule has 8 heteroatoms. The van der Waals surface area contributed by atoms with Crippen molar-refractivity contribution in [3.05, 3.63) is 34.3 Å². The summed E-state index contributed by atoms with van der Waals surface area (Å²) in [6, 6.07) is 2.81. The van der Waals surface area contributed by atoms with E-state index in [4.69, 9.17) is 5.11 Å². The molecule has 0 spiro atoms. The van der Waals surface area contributed by atoms with Crippen LogP contribution in [0.4, 0.5) is 5.69 Å². The molecule has 3 N–H and O–H groups in total. The molecule has 7 nitrogen and oxygen atoms in total. The minimum Gasteiger partial charge on any atom is -0.391 e. The maximum Gasteiger partial charge on any atom is 0.262 e. The second kappa shape index (κ2) is 8.46. The quantitative estimate of drug-likeness (QED) is 0.691. The van der Waals surface area contributed by atoms with Gasteiger partial charge in [-0.25, -0.2) is 0 Å². The first-order valence-corrected chi connectivity index (χ1v) is 9.66. The van der Waals surface area contributed by atoms with Gasteiger partial charge in [0.25, 0.3) is 5.91 Å². The number of nitrogens with one attached hydrogen (secondary N) is 2.